The molecule has 0 radical (unpaired) electrons. The van der Waals surface area contributed by atoms with Gasteiger partial charge in [-0.15, -0.1) is 17.7 Å². The molecule has 0 unspecified atom stereocenters. The summed E-state index contributed by atoms with van der Waals surface area (Å²) in [5.74, 6) is 0. The molecule has 0 saturated heterocycles. The zero-order chi connectivity index (χ0) is 15.1. The molecule has 1 aliphatic carbocycles. The minimum Gasteiger partial charge on any atom is -1.00 e. The van der Waals surface area contributed by atoms with E-state index in [9.17, 15) is 0 Å². The van der Waals surface area contributed by atoms with Gasteiger partial charge in [0.2, 0.25) is 0 Å². The van der Waals surface area contributed by atoms with Crippen molar-refractivity contribution in [1.29, 1.82) is 0 Å². The van der Waals surface area contributed by atoms with E-state index in [4.69, 9.17) is 5.73 Å². The Morgan fingerprint density at radius 2 is 1.61 bits per heavy atom. The van der Waals surface area contributed by atoms with Gasteiger partial charge in [0.1, 0.15) is 0 Å². The molecule has 0 aromatic heterocycles. The monoisotopic (exact) mass is 387 g/mol. The van der Waals surface area contributed by atoms with E-state index in [-0.39, 0.29) is 46.5 Å². The van der Waals surface area contributed by atoms with Crippen molar-refractivity contribution < 1.29 is 46.5 Å². The van der Waals surface area contributed by atoms with E-state index in [1.165, 1.54) is 27.9 Å². The average molecular weight is 388 g/mol. The summed E-state index contributed by atoms with van der Waals surface area (Å²) in [6, 6.07) is 8.39. The van der Waals surface area contributed by atoms with Crippen molar-refractivity contribution in [3.63, 3.8) is 0 Å². The molecule has 2 rings (SSSR count). The summed E-state index contributed by atoms with van der Waals surface area (Å²) >= 11 is 0. The molecule has 0 heterocycles. The maximum atomic E-state index is 6.60. The molecular formula is C19H27Cl2NTi-2. The molecule has 1 nitrogen and oxygen atoms in total. The van der Waals surface area contributed by atoms with Crippen LogP contribution in [0.15, 0.2) is 41.0 Å². The summed E-state index contributed by atoms with van der Waals surface area (Å²) in [6.45, 7) is 13.4. The van der Waals surface area contributed by atoms with Crippen molar-refractivity contribution in [3.05, 3.63) is 64.8 Å². The summed E-state index contributed by atoms with van der Waals surface area (Å²) in [6.07, 6.45) is 3.30. The first-order valence-electron chi connectivity index (χ1n) is 7.45. The second-order valence-corrected chi connectivity index (χ2v) is 5.45. The van der Waals surface area contributed by atoms with Crippen LogP contribution < -0.4 is 24.8 Å². The Morgan fingerprint density at radius 3 is 1.96 bits per heavy atom. The Hall–Kier alpha value is -0.176. The molecule has 0 atom stereocenters. The zero-order valence-corrected chi connectivity index (χ0v) is 17.7. The first-order chi connectivity index (χ1) is 9.52. The van der Waals surface area contributed by atoms with Gasteiger partial charge in [0, 0.05) is 0 Å². The molecule has 1 aliphatic rings. The number of unbranched alkanes of at least 4 members (excludes halogenated alkanes) is 1. The fraction of sp³-hybridized carbons (Fsp3) is 0.421. The molecular weight excluding hydrogens is 361 g/mol. The largest absolute Gasteiger partial charge is 2.00 e. The van der Waals surface area contributed by atoms with Crippen LogP contribution in [0.1, 0.15) is 58.1 Å². The van der Waals surface area contributed by atoms with Crippen LogP contribution in [-0.4, -0.2) is 6.54 Å². The molecule has 0 saturated carbocycles. The Labute approximate surface area is 169 Å². The van der Waals surface area contributed by atoms with Crippen molar-refractivity contribution in [3.8, 4) is 0 Å². The second-order valence-electron chi connectivity index (χ2n) is 5.45. The van der Waals surface area contributed by atoms with E-state index in [0.717, 1.165) is 24.8 Å². The van der Waals surface area contributed by atoms with Gasteiger partial charge in [0.05, 0.1) is 0 Å². The third kappa shape index (κ3) is 7.96. The minimum atomic E-state index is 0. The van der Waals surface area contributed by atoms with E-state index < -0.39 is 0 Å². The molecule has 0 bridgehead atoms. The van der Waals surface area contributed by atoms with Gasteiger partial charge in [-0.25, -0.2) is 0 Å². The molecule has 4 heteroatoms. The number of hydrogen-bond donors (Lipinski definition) is 0. The van der Waals surface area contributed by atoms with Crippen LogP contribution >= 0.6 is 0 Å². The standard InChI is InChI=1S/C15H17.C4H10N.2ClH.Ti/c1-10-7-5-6-8-14(10)15-9-11(2)12(3)13(15)4;1-2-3-4-5;;;/h5-8H,1,9H2,2-4H3;5H,2-4H2,1H3;2*1H;/q2*-1;;;+2/p-2. The van der Waals surface area contributed by atoms with Crippen LogP contribution in [0, 0.1) is 6.92 Å². The Kier molecular flexibility index (Phi) is 17.1. The van der Waals surface area contributed by atoms with Gasteiger partial charge in [-0.1, -0.05) is 42.6 Å². The smallest absolute Gasteiger partial charge is 1.00 e. The molecule has 0 spiro atoms. The molecule has 0 amide bonds. The number of benzene rings is 1. The van der Waals surface area contributed by atoms with Gasteiger partial charge in [-0.3, -0.25) is 0 Å². The molecule has 0 fully saturated rings. The number of nitrogens with one attached hydrogen (secondary N) is 1. The van der Waals surface area contributed by atoms with Gasteiger partial charge in [-0.05, 0) is 32.8 Å². The van der Waals surface area contributed by atoms with E-state index >= 15 is 0 Å². The summed E-state index contributed by atoms with van der Waals surface area (Å²) in [4.78, 5) is 0. The van der Waals surface area contributed by atoms with E-state index in [1.54, 1.807) is 0 Å². The van der Waals surface area contributed by atoms with Crippen LogP contribution in [0.4, 0.5) is 0 Å². The molecule has 1 aromatic carbocycles. The topological polar surface area (TPSA) is 23.8 Å². The number of halogens is 2. The van der Waals surface area contributed by atoms with Crippen LogP contribution in [0.5, 0.6) is 0 Å². The number of hydrogen-bond acceptors (Lipinski definition) is 0. The maximum Gasteiger partial charge on any atom is 2.00 e. The fourth-order valence-electron chi connectivity index (χ4n) is 2.37. The SMILES string of the molecule is CCCC[NH-].[CH2-]c1ccccc1C1=C(C)C(C)=C(C)C1.[Cl-].[Cl-].[Ti+2]. The quantitative estimate of drug-likeness (QED) is 0.523. The van der Waals surface area contributed by atoms with Crippen LogP contribution in [0.2, 0.25) is 0 Å². The first kappa shape index (κ1) is 27.7. The first-order valence-corrected chi connectivity index (χ1v) is 7.45. The second kappa shape index (κ2) is 14.2. The van der Waals surface area contributed by atoms with Crippen molar-refractivity contribution >= 4 is 5.57 Å². The summed E-state index contributed by atoms with van der Waals surface area (Å²) in [5.41, 5.74) is 14.9. The van der Waals surface area contributed by atoms with Crippen LogP contribution in [0.3, 0.4) is 0 Å². The summed E-state index contributed by atoms with van der Waals surface area (Å²) < 4.78 is 0. The Bertz CT molecular complexity index is 520. The van der Waals surface area contributed by atoms with Crippen molar-refractivity contribution in [1.82, 2.24) is 0 Å². The molecule has 1 aromatic rings. The van der Waals surface area contributed by atoms with Crippen LogP contribution in [-0.2, 0) is 21.7 Å². The van der Waals surface area contributed by atoms with Gasteiger partial charge < -0.3 is 30.5 Å². The average Bonchev–Trinajstić information content (AvgIpc) is 2.69. The molecule has 23 heavy (non-hydrogen) atoms. The summed E-state index contributed by atoms with van der Waals surface area (Å²) in [5, 5.41) is 0. The normalized spacial score (nSPS) is 12.6. The summed E-state index contributed by atoms with van der Waals surface area (Å²) in [7, 11) is 0. The van der Waals surface area contributed by atoms with Crippen molar-refractivity contribution in [2.45, 2.75) is 47.0 Å². The van der Waals surface area contributed by atoms with Gasteiger partial charge in [-0.2, -0.15) is 25.1 Å². The van der Waals surface area contributed by atoms with Gasteiger partial charge in [0.25, 0.3) is 0 Å². The minimum absolute atomic E-state index is 0. The molecule has 128 valence electrons. The number of rotatable bonds is 3. The third-order valence-electron chi connectivity index (χ3n) is 3.97. The zero-order valence-electron chi connectivity index (χ0n) is 14.6. The third-order valence-corrected chi connectivity index (χ3v) is 3.97. The van der Waals surface area contributed by atoms with E-state index in [0.29, 0.717) is 6.54 Å². The maximum absolute atomic E-state index is 6.60. The Balaban J connectivity index is -0.000000444. The van der Waals surface area contributed by atoms with Crippen molar-refractivity contribution in [2.75, 3.05) is 6.54 Å². The fourth-order valence-corrected chi connectivity index (χ4v) is 2.37. The Morgan fingerprint density at radius 1 is 1.04 bits per heavy atom. The van der Waals surface area contributed by atoms with Crippen LogP contribution in [0.25, 0.3) is 11.3 Å². The predicted molar refractivity (Wildman–Crippen MR) is 90.6 cm³/mol. The van der Waals surface area contributed by atoms with Gasteiger partial charge >= 0.3 is 21.7 Å². The predicted octanol–water partition coefficient (Wildman–Crippen LogP) is 0.227. The van der Waals surface area contributed by atoms with E-state index in [2.05, 4.69) is 52.8 Å². The molecule has 1 N–H and O–H groups in total. The van der Waals surface area contributed by atoms with Crippen molar-refractivity contribution in [2.24, 2.45) is 0 Å². The molecule has 0 aliphatic heterocycles. The van der Waals surface area contributed by atoms with E-state index in [1.807, 2.05) is 6.07 Å². The van der Waals surface area contributed by atoms with Gasteiger partial charge in [0.15, 0.2) is 0 Å². The number of allylic oxidation sites excluding steroid dienone is 4.